The zero-order valence-corrected chi connectivity index (χ0v) is 18.8. The molecule has 0 bridgehead atoms. The first kappa shape index (κ1) is 23.8. The summed E-state index contributed by atoms with van der Waals surface area (Å²) in [7, 11) is 1.64. The molecule has 0 radical (unpaired) electrons. The molecule has 0 saturated carbocycles. The maximum Gasteiger partial charge on any atom is 0.127 e. The summed E-state index contributed by atoms with van der Waals surface area (Å²) in [6.45, 7) is 4.27. The van der Waals surface area contributed by atoms with Gasteiger partial charge in [-0.25, -0.2) is 4.39 Å². The van der Waals surface area contributed by atoms with Crippen LogP contribution in [0.5, 0.6) is 11.5 Å². The predicted octanol–water partition coefficient (Wildman–Crippen LogP) is 5.35. The molecule has 0 aliphatic heterocycles. The van der Waals surface area contributed by atoms with Gasteiger partial charge in [0, 0.05) is 5.92 Å². The van der Waals surface area contributed by atoms with E-state index in [1.807, 2.05) is 62.4 Å². The average molecular weight is 439 g/mol. The molecular weight excluding hydrogens is 407 g/mol. The van der Waals surface area contributed by atoms with Gasteiger partial charge in [0.2, 0.25) is 0 Å². The lowest BCUT2D eigenvalue weighted by Crippen LogP contribution is -2.39. The van der Waals surface area contributed by atoms with Crippen LogP contribution in [0, 0.1) is 18.7 Å². The number of aliphatic hydroxyl groups excluding tert-OH is 1. The summed E-state index contributed by atoms with van der Waals surface area (Å²) < 4.78 is 31.0. The van der Waals surface area contributed by atoms with Gasteiger partial charge in [0.1, 0.15) is 23.4 Å². The monoisotopic (exact) mass is 438 g/mol. The van der Waals surface area contributed by atoms with Crippen molar-refractivity contribution in [3.63, 3.8) is 0 Å². The molecule has 1 N–H and O–H groups in total. The number of rotatable bonds is 11. The van der Waals surface area contributed by atoms with Crippen LogP contribution in [-0.4, -0.2) is 31.0 Å². The Labute approximate surface area is 189 Å². The molecular formula is C27H31FO4. The van der Waals surface area contributed by atoms with E-state index in [1.165, 1.54) is 12.1 Å². The van der Waals surface area contributed by atoms with Gasteiger partial charge < -0.3 is 19.3 Å². The molecule has 0 spiro atoms. The van der Waals surface area contributed by atoms with Gasteiger partial charge in [0.25, 0.3) is 0 Å². The number of methoxy groups -OCH3 is 1. The third-order valence-corrected chi connectivity index (χ3v) is 5.63. The van der Waals surface area contributed by atoms with E-state index in [0.29, 0.717) is 18.8 Å². The molecule has 3 unspecified atom stereocenters. The number of aliphatic hydroxyl groups is 1. The summed E-state index contributed by atoms with van der Waals surface area (Å²) in [5, 5.41) is 10.2. The number of aryl methyl sites for hydroxylation is 1. The second-order valence-electron chi connectivity index (χ2n) is 8.01. The largest absolute Gasteiger partial charge is 0.497 e. The van der Waals surface area contributed by atoms with Crippen LogP contribution in [0.1, 0.15) is 23.6 Å². The lowest BCUT2D eigenvalue weighted by atomic mass is 9.89. The number of ether oxygens (including phenoxy) is 3. The van der Waals surface area contributed by atoms with Crippen molar-refractivity contribution < 1.29 is 23.7 Å². The fourth-order valence-corrected chi connectivity index (χ4v) is 3.62. The Morgan fingerprint density at radius 2 is 1.44 bits per heavy atom. The van der Waals surface area contributed by atoms with E-state index in [1.54, 1.807) is 19.2 Å². The quantitative estimate of drug-likeness (QED) is 0.439. The van der Waals surface area contributed by atoms with Gasteiger partial charge >= 0.3 is 0 Å². The van der Waals surface area contributed by atoms with E-state index >= 15 is 0 Å². The van der Waals surface area contributed by atoms with E-state index in [-0.39, 0.29) is 24.4 Å². The first-order valence-electron chi connectivity index (χ1n) is 10.8. The van der Waals surface area contributed by atoms with Crippen LogP contribution in [0.25, 0.3) is 0 Å². The second-order valence-corrected chi connectivity index (χ2v) is 8.01. The molecule has 3 aromatic rings. The lowest BCUT2D eigenvalue weighted by Gasteiger charge is -2.31. The molecule has 0 fully saturated rings. The van der Waals surface area contributed by atoms with E-state index in [2.05, 4.69) is 0 Å². The first-order valence-corrected chi connectivity index (χ1v) is 10.8. The zero-order valence-electron chi connectivity index (χ0n) is 18.8. The van der Waals surface area contributed by atoms with Crippen molar-refractivity contribution in [2.24, 2.45) is 5.92 Å². The van der Waals surface area contributed by atoms with Crippen molar-refractivity contribution in [2.75, 3.05) is 13.7 Å². The maximum atomic E-state index is 13.4. The third-order valence-electron chi connectivity index (χ3n) is 5.63. The molecule has 170 valence electrons. The third kappa shape index (κ3) is 6.81. The minimum Gasteiger partial charge on any atom is -0.497 e. The Morgan fingerprint density at radius 3 is 2.03 bits per heavy atom. The predicted molar refractivity (Wildman–Crippen MR) is 124 cm³/mol. The average Bonchev–Trinajstić information content (AvgIpc) is 2.82. The van der Waals surface area contributed by atoms with Crippen molar-refractivity contribution in [1.29, 1.82) is 0 Å². The van der Waals surface area contributed by atoms with E-state index in [4.69, 9.17) is 14.2 Å². The minimum atomic E-state index is -0.478. The van der Waals surface area contributed by atoms with E-state index in [0.717, 1.165) is 22.4 Å². The summed E-state index contributed by atoms with van der Waals surface area (Å²) >= 11 is 0. The minimum absolute atomic E-state index is 0.148. The molecule has 0 aromatic heterocycles. The molecule has 0 amide bonds. The van der Waals surface area contributed by atoms with Crippen LogP contribution in [-0.2, 0) is 17.8 Å². The summed E-state index contributed by atoms with van der Waals surface area (Å²) in [5.41, 5.74) is 3.12. The molecule has 0 aliphatic rings. The van der Waals surface area contributed by atoms with Gasteiger partial charge in [-0.3, -0.25) is 0 Å². The summed E-state index contributed by atoms with van der Waals surface area (Å²) in [6.07, 6.45) is -0.111. The summed E-state index contributed by atoms with van der Waals surface area (Å²) in [6, 6.07) is 21.9. The van der Waals surface area contributed by atoms with Crippen molar-refractivity contribution >= 4 is 0 Å². The number of halogens is 1. The van der Waals surface area contributed by atoms with Crippen molar-refractivity contribution in [3.05, 3.63) is 95.3 Å². The van der Waals surface area contributed by atoms with E-state index in [9.17, 15) is 9.50 Å². The molecule has 0 aliphatic carbocycles. The highest BCUT2D eigenvalue weighted by atomic mass is 19.1. The molecule has 3 atom stereocenters. The van der Waals surface area contributed by atoms with Crippen LogP contribution < -0.4 is 9.47 Å². The highest BCUT2D eigenvalue weighted by Gasteiger charge is 2.29. The zero-order chi connectivity index (χ0) is 22.9. The second kappa shape index (κ2) is 11.7. The number of benzene rings is 3. The topological polar surface area (TPSA) is 47.9 Å². The van der Waals surface area contributed by atoms with Gasteiger partial charge in [0.05, 0.1) is 26.4 Å². The van der Waals surface area contributed by atoms with Crippen LogP contribution in [0.4, 0.5) is 4.39 Å². The molecule has 32 heavy (non-hydrogen) atoms. The Bertz CT molecular complexity index is 939. The van der Waals surface area contributed by atoms with Crippen LogP contribution in [0.3, 0.4) is 0 Å². The standard InChI is InChI=1S/C27H31FO4/c1-19-4-12-25(13-5-19)32-27(17-29)26(16-21-6-10-23(28)11-7-21)20(2)31-18-22-8-14-24(30-3)15-9-22/h4-15,20,26-27,29H,16-18H2,1-3H3. The number of hydrogen-bond donors (Lipinski definition) is 1. The summed E-state index contributed by atoms with van der Waals surface area (Å²) in [4.78, 5) is 0. The highest BCUT2D eigenvalue weighted by Crippen LogP contribution is 2.25. The van der Waals surface area contributed by atoms with Crippen LogP contribution in [0.2, 0.25) is 0 Å². The van der Waals surface area contributed by atoms with Crippen molar-refractivity contribution in [2.45, 2.75) is 39.1 Å². The summed E-state index contributed by atoms with van der Waals surface area (Å²) in [5.74, 6) is 1.07. The molecule has 5 heteroatoms. The van der Waals surface area contributed by atoms with E-state index < -0.39 is 6.10 Å². The van der Waals surface area contributed by atoms with Gasteiger partial charge in [-0.15, -0.1) is 0 Å². The van der Waals surface area contributed by atoms with Gasteiger partial charge in [-0.05, 0) is 67.8 Å². The molecule has 3 aromatic carbocycles. The SMILES string of the molecule is COc1ccc(COC(C)C(Cc2ccc(F)cc2)C(CO)Oc2ccc(C)cc2)cc1. The fraction of sp³-hybridized carbons (Fsp3) is 0.333. The fourth-order valence-electron chi connectivity index (χ4n) is 3.62. The maximum absolute atomic E-state index is 13.4. The molecule has 3 rings (SSSR count). The Balaban J connectivity index is 1.75. The van der Waals surface area contributed by atoms with Crippen molar-refractivity contribution in [3.8, 4) is 11.5 Å². The molecule has 4 nitrogen and oxygen atoms in total. The number of hydrogen-bond acceptors (Lipinski definition) is 4. The lowest BCUT2D eigenvalue weighted by molar-refractivity contribution is -0.0415. The highest BCUT2D eigenvalue weighted by molar-refractivity contribution is 5.27. The normalized spacial score (nSPS) is 13.9. The Kier molecular flexibility index (Phi) is 8.65. The van der Waals surface area contributed by atoms with Gasteiger partial charge in [-0.1, -0.05) is 42.0 Å². The Morgan fingerprint density at radius 1 is 0.844 bits per heavy atom. The molecule has 0 heterocycles. The Hall–Kier alpha value is -2.89. The van der Waals surface area contributed by atoms with Gasteiger partial charge in [0.15, 0.2) is 0 Å². The van der Waals surface area contributed by atoms with Gasteiger partial charge in [-0.2, -0.15) is 0 Å². The van der Waals surface area contributed by atoms with Crippen LogP contribution in [0.15, 0.2) is 72.8 Å². The smallest absolute Gasteiger partial charge is 0.127 e. The van der Waals surface area contributed by atoms with Crippen LogP contribution >= 0.6 is 0 Å². The first-order chi connectivity index (χ1) is 15.5. The van der Waals surface area contributed by atoms with Crippen molar-refractivity contribution in [1.82, 2.24) is 0 Å². The molecule has 0 saturated heterocycles.